The summed E-state index contributed by atoms with van der Waals surface area (Å²) in [7, 11) is 4.03. The number of likely N-dealkylation sites (N-methyl/N-ethyl adjacent to an activating group) is 1. The molecule has 0 radical (unpaired) electrons. The number of rotatable bonds is 6. The summed E-state index contributed by atoms with van der Waals surface area (Å²) >= 11 is 1.74. The second-order valence-corrected chi connectivity index (χ2v) is 7.08. The van der Waals surface area contributed by atoms with E-state index in [0.29, 0.717) is 6.04 Å². The fourth-order valence-electron chi connectivity index (χ4n) is 2.35. The summed E-state index contributed by atoms with van der Waals surface area (Å²) in [5, 5.41) is 7.90. The van der Waals surface area contributed by atoms with Crippen LogP contribution in [0.15, 0.2) is 4.99 Å². The molecule has 126 valence electrons. The van der Waals surface area contributed by atoms with E-state index in [1.165, 1.54) is 17.7 Å². The predicted molar refractivity (Wildman–Crippen MR) is 105 cm³/mol. The molecule has 1 aliphatic rings. The van der Waals surface area contributed by atoms with E-state index in [1.54, 1.807) is 11.3 Å². The van der Waals surface area contributed by atoms with Gasteiger partial charge in [0.15, 0.2) is 5.96 Å². The molecule has 2 N–H and O–H groups in total. The standard InChI is InChI=1S/C15H27N5S.HI/c1-10(20(5)13-6-7-13)8-17-15(16-4)18-9-14-11(2)19-12(3)21-14;/h10,13H,6-9H2,1-5H3,(H2,16,17,18);1H. The van der Waals surface area contributed by atoms with Crippen molar-refractivity contribution in [3.05, 3.63) is 15.6 Å². The van der Waals surface area contributed by atoms with Crippen molar-refractivity contribution in [2.24, 2.45) is 4.99 Å². The Labute approximate surface area is 155 Å². The molecular formula is C15H28IN5S. The summed E-state index contributed by atoms with van der Waals surface area (Å²) < 4.78 is 0. The van der Waals surface area contributed by atoms with Gasteiger partial charge in [0.05, 0.1) is 17.2 Å². The van der Waals surface area contributed by atoms with E-state index in [4.69, 9.17) is 0 Å². The Bertz CT molecular complexity index is 498. The minimum Gasteiger partial charge on any atom is -0.355 e. The van der Waals surface area contributed by atoms with Gasteiger partial charge in [-0.15, -0.1) is 35.3 Å². The van der Waals surface area contributed by atoms with Crippen molar-refractivity contribution in [1.82, 2.24) is 20.5 Å². The molecule has 0 aliphatic heterocycles. The van der Waals surface area contributed by atoms with Crippen molar-refractivity contribution < 1.29 is 0 Å². The molecule has 1 heterocycles. The van der Waals surface area contributed by atoms with Crippen LogP contribution in [0.25, 0.3) is 0 Å². The third-order valence-electron chi connectivity index (χ3n) is 4.02. The van der Waals surface area contributed by atoms with Crippen LogP contribution in [0.2, 0.25) is 0 Å². The molecule has 7 heteroatoms. The van der Waals surface area contributed by atoms with Gasteiger partial charge in [-0.1, -0.05) is 0 Å². The van der Waals surface area contributed by atoms with Crippen LogP contribution in [0.5, 0.6) is 0 Å². The van der Waals surface area contributed by atoms with Gasteiger partial charge in [-0.2, -0.15) is 0 Å². The number of thiazole rings is 1. The summed E-state index contributed by atoms with van der Waals surface area (Å²) in [6.07, 6.45) is 2.69. The van der Waals surface area contributed by atoms with E-state index in [-0.39, 0.29) is 24.0 Å². The van der Waals surface area contributed by atoms with Gasteiger partial charge < -0.3 is 10.6 Å². The van der Waals surface area contributed by atoms with Crippen molar-refractivity contribution in [3.8, 4) is 0 Å². The van der Waals surface area contributed by atoms with Crippen LogP contribution < -0.4 is 10.6 Å². The Balaban J connectivity index is 0.00000242. The molecule has 22 heavy (non-hydrogen) atoms. The van der Waals surface area contributed by atoms with E-state index in [2.05, 4.69) is 46.4 Å². The van der Waals surface area contributed by atoms with Crippen LogP contribution in [0.4, 0.5) is 0 Å². The monoisotopic (exact) mass is 437 g/mol. The molecule has 0 amide bonds. The molecular weight excluding hydrogens is 409 g/mol. The third-order valence-corrected chi connectivity index (χ3v) is 5.10. The number of hydrogen-bond acceptors (Lipinski definition) is 4. The van der Waals surface area contributed by atoms with Gasteiger partial charge in [0, 0.05) is 30.6 Å². The van der Waals surface area contributed by atoms with E-state index in [1.807, 2.05) is 14.0 Å². The molecule has 0 spiro atoms. The topological polar surface area (TPSA) is 52.6 Å². The van der Waals surface area contributed by atoms with E-state index in [0.717, 1.165) is 35.8 Å². The lowest BCUT2D eigenvalue weighted by atomic mass is 10.3. The van der Waals surface area contributed by atoms with Crippen molar-refractivity contribution in [2.45, 2.75) is 52.2 Å². The van der Waals surface area contributed by atoms with Crippen LogP contribution in [-0.2, 0) is 6.54 Å². The quantitative estimate of drug-likeness (QED) is 0.408. The SMILES string of the molecule is CN=C(NCc1sc(C)nc1C)NCC(C)N(C)C1CC1.I. The average molecular weight is 437 g/mol. The summed E-state index contributed by atoms with van der Waals surface area (Å²) in [4.78, 5) is 12.5. The Morgan fingerprint density at radius 1 is 1.41 bits per heavy atom. The van der Waals surface area contributed by atoms with Crippen molar-refractivity contribution in [2.75, 3.05) is 20.6 Å². The number of nitrogens with one attached hydrogen (secondary N) is 2. The highest BCUT2D eigenvalue weighted by molar-refractivity contribution is 14.0. The Morgan fingerprint density at radius 2 is 2.09 bits per heavy atom. The fourth-order valence-corrected chi connectivity index (χ4v) is 3.23. The highest BCUT2D eigenvalue weighted by Crippen LogP contribution is 2.26. The van der Waals surface area contributed by atoms with Gasteiger partial charge in [-0.3, -0.25) is 9.89 Å². The normalized spacial score (nSPS) is 16.4. The molecule has 0 saturated heterocycles. The number of hydrogen-bond donors (Lipinski definition) is 2. The zero-order chi connectivity index (χ0) is 15.4. The first kappa shape index (κ1) is 19.6. The number of guanidine groups is 1. The van der Waals surface area contributed by atoms with Gasteiger partial charge >= 0.3 is 0 Å². The van der Waals surface area contributed by atoms with Gasteiger partial charge in [-0.05, 0) is 40.7 Å². The molecule has 1 aromatic rings. The lowest BCUT2D eigenvalue weighted by Gasteiger charge is -2.25. The number of aliphatic imine (C=N–C) groups is 1. The molecule has 1 aliphatic carbocycles. The van der Waals surface area contributed by atoms with Crippen molar-refractivity contribution in [3.63, 3.8) is 0 Å². The zero-order valence-corrected chi connectivity index (χ0v) is 17.3. The number of aromatic nitrogens is 1. The van der Waals surface area contributed by atoms with E-state index in [9.17, 15) is 0 Å². The van der Waals surface area contributed by atoms with Crippen LogP contribution in [0.1, 0.15) is 35.3 Å². The van der Waals surface area contributed by atoms with Gasteiger partial charge in [0.2, 0.25) is 0 Å². The molecule has 5 nitrogen and oxygen atoms in total. The Morgan fingerprint density at radius 3 is 2.59 bits per heavy atom. The van der Waals surface area contributed by atoms with Crippen LogP contribution in [-0.4, -0.2) is 48.6 Å². The van der Waals surface area contributed by atoms with E-state index < -0.39 is 0 Å². The Hall–Kier alpha value is -0.410. The van der Waals surface area contributed by atoms with Gasteiger partial charge in [-0.25, -0.2) is 4.98 Å². The molecule has 0 bridgehead atoms. The lowest BCUT2D eigenvalue weighted by Crippen LogP contribution is -2.45. The maximum Gasteiger partial charge on any atom is 0.191 e. The van der Waals surface area contributed by atoms with Crippen LogP contribution >= 0.6 is 35.3 Å². The molecule has 1 unspecified atom stereocenters. The smallest absolute Gasteiger partial charge is 0.191 e. The third kappa shape index (κ3) is 5.66. The zero-order valence-electron chi connectivity index (χ0n) is 14.1. The van der Waals surface area contributed by atoms with Crippen molar-refractivity contribution in [1.29, 1.82) is 0 Å². The summed E-state index contributed by atoms with van der Waals surface area (Å²) in [6, 6.07) is 1.31. The first-order valence-electron chi connectivity index (χ1n) is 7.60. The molecule has 1 atom stereocenters. The molecule has 0 aromatic carbocycles. The minimum atomic E-state index is 0. The largest absolute Gasteiger partial charge is 0.355 e. The van der Waals surface area contributed by atoms with Crippen LogP contribution in [0, 0.1) is 13.8 Å². The number of aryl methyl sites for hydroxylation is 2. The summed E-state index contributed by atoms with van der Waals surface area (Å²) in [5.41, 5.74) is 1.11. The summed E-state index contributed by atoms with van der Waals surface area (Å²) in [6.45, 7) is 8.06. The fraction of sp³-hybridized carbons (Fsp3) is 0.733. The summed E-state index contributed by atoms with van der Waals surface area (Å²) in [5.74, 6) is 0.858. The highest BCUT2D eigenvalue weighted by Gasteiger charge is 2.28. The molecule has 1 aromatic heterocycles. The predicted octanol–water partition coefficient (Wildman–Crippen LogP) is 2.53. The molecule has 1 fully saturated rings. The molecule has 1 saturated carbocycles. The van der Waals surface area contributed by atoms with Crippen LogP contribution in [0.3, 0.4) is 0 Å². The maximum atomic E-state index is 4.45. The Kier molecular flexibility index (Phi) is 8.06. The first-order valence-corrected chi connectivity index (χ1v) is 8.42. The second kappa shape index (κ2) is 9.02. The minimum absolute atomic E-state index is 0. The first-order chi connectivity index (χ1) is 10.0. The number of nitrogens with zero attached hydrogens (tertiary/aromatic N) is 3. The maximum absolute atomic E-state index is 4.45. The number of halogens is 1. The van der Waals surface area contributed by atoms with Gasteiger partial charge in [0.1, 0.15) is 0 Å². The average Bonchev–Trinajstić information content (AvgIpc) is 3.24. The second-order valence-electron chi connectivity index (χ2n) is 5.79. The highest BCUT2D eigenvalue weighted by atomic mass is 127. The lowest BCUT2D eigenvalue weighted by molar-refractivity contribution is 0.247. The molecule has 2 rings (SSSR count). The van der Waals surface area contributed by atoms with Gasteiger partial charge in [0.25, 0.3) is 0 Å². The van der Waals surface area contributed by atoms with E-state index >= 15 is 0 Å². The van der Waals surface area contributed by atoms with Crippen molar-refractivity contribution >= 4 is 41.3 Å².